The van der Waals surface area contributed by atoms with Crippen molar-refractivity contribution in [1.82, 2.24) is 4.90 Å². The predicted molar refractivity (Wildman–Crippen MR) is 130 cm³/mol. The second-order valence-electron chi connectivity index (χ2n) is 9.48. The van der Waals surface area contributed by atoms with Crippen molar-refractivity contribution in [3.05, 3.63) is 53.6 Å². The van der Waals surface area contributed by atoms with Gasteiger partial charge in [0.15, 0.2) is 0 Å². The number of aryl methyl sites for hydroxylation is 2. The number of fused-ring (bicyclic) bond motifs is 2. The number of carbonyl (C=O) groups is 3. The lowest BCUT2D eigenvalue weighted by atomic mass is 9.78. The molecule has 34 heavy (non-hydrogen) atoms. The molecule has 4 aliphatic heterocycles. The highest BCUT2D eigenvalue weighted by molar-refractivity contribution is 8.02. The zero-order chi connectivity index (χ0) is 24.0. The Balaban J connectivity index is 1.62. The Morgan fingerprint density at radius 1 is 1.18 bits per heavy atom. The number of aliphatic hydroxyl groups excluding tert-OH is 1. The molecule has 2 saturated heterocycles. The molecule has 5 atom stereocenters. The standard InChI is InChI=1S/C26H30N2O5S/c1-16-8-9-17(2)18(15-16)27-11-6-10-26-21(23(30)28(12-13-29)22(26)24(27)31)20-19(34-26)7-4-3-5-14-33-25(20)32/h4,6-10,15,19-22,29H,3,5,11-14H2,1-2H3/b7-4-/t19-,20+,21-,22?,26-/m0/s1. The van der Waals surface area contributed by atoms with Gasteiger partial charge in [-0.05, 0) is 43.9 Å². The summed E-state index contributed by atoms with van der Waals surface area (Å²) in [6.07, 6.45) is 9.55. The Bertz CT molecular complexity index is 1080. The number of nitrogens with zero attached hydrogens (tertiary/aromatic N) is 2. The number of β-amino-alcohol motifs (C(OH)–C–C–N with tert-alkyl or cyclic N) is 1. The van der Waals surface area contributed by atoms with Crippen LogP contribution in [0.15, 0.2) is 42.5 Å². The van der Waals surface area contributed by atoms with Crippen molar-refractivity contribution in [2.24, 2.45) is 11.8 Å². The summed E-state index contributed by atoms with van der Waals surface area (Å²) in [7, 11) is 0. The second-order valence-corrected chi connectivity index (χ2v) is 11.0. The van der Waals surface area contributed by atoms with Gasteiger partial charge in [-0.1, -0.05) is 36.4 Å². The molecule has 4 aliphatic rings. The summed E-state index contributed by atoms with van der Waals surface area (Å²) in [6, 6.07) is 5.18. The fourth-order valence-electron chi connectivity index (χ4n) is 5.83. The van der Waals surface area contributed by atoms with Gasteiger partial charge in [0, 0.05) is 24.0 Å². The molecule has 1 spiro atoms. The van der Waals surface area contributed by atoms with E-state index in [9.17, 15) is 19.5 Å². The zero-order valence-electron chi connectivity index (χ0n) is 19.5. The molecular weight excluding hydrogens is 452 g/mol. The maximum Gasteiger partial charge on any atom is 0.311 e. The molecule has 7 nitrogen and oxygen atoms in total. The quantitative estimate of drug-likeness (QED) is 0.526. The molecule has 2 amide bonds. The molecule has 1 aromatic rings. The lowest BCUT2D eigenvalue weighted by molar-refractivity contribution is -0.153. The first kappa shape index (κ1) is 23.2. The van der Waals surface area contributed by atoms with E-state index in [1.165, 1.54) is 16.7 Å². The van der Waals surface area contributed by atoms with E-state index in [1.807, 2.05) is 50.3 Å². The Morgan fingerprint density at radius 3 is 2.79 bits per heavy atom. The molecule has 1 N–H and O–H groups in total. The Kier molecular flexibility index (Phi) is 6.06. The molecule has 5 rings (SSSR count). The number of amides is 2. The van der Waals surface area contributed by atoms with Crippen LogP contribution in [0.5, 0.6) is 0 Å². The molecule has 1 aromatic carbocycles. The Hall–Kier alpha value is -2.58. The number of rotatable bonds is 3. The van der Waals surface area contributed by atoms with E-state index in [-0.39, 0.29) is 36.2 Å². The van der Waals surface area contributed by atoms with E-state index >= 15 is 0 Å². The summed E-state index contributed by atoms with van der Waals surface area (Å²) >= 11 is 1.52. The number of aliphatic hydroxyl groups is 1. The van der Waals surface area contributed by atoms with Crippen LogP contribution in [0.25, 0.3) is 0 Å². The summed E-state index contributed by atoms with van der Waals surface area (Å²) in [4.78, 5) is 44.4. The normalized spacial score (nSPS) is 33.9. The van der Waals surface area contributed by atoms with Crippen LogP contribution in [-0.4, -0.2) is 70.1 Å². The average molecular weight is 483 g/mol. The van der Waals surface area contributed by atoms with E-state index in [0.717, 1.165) is 29.7 Å². The van der Waals surface area contributed by atoms with Gasteiger partial charge in [-0.15, -0.1) is 11.8 Å². The second kappa shape index (κ2) is 8.89. The number of esters is 1. The highest BCUT2D eigenvalue weighted by Gasteiger charge is 2.70. The van der Waals surface area contributed by atoms with Gasteiger partial charge in [-0.3, -0.25) is 14.4 Å². The monoisotopic (exact) mass is 482 g/mol. The summed E-state index contributed by atoms with van der Waals surface area (Å²) in [5.41, 5.74) is 2.83. The van der Waals surface area contributed by atoms with Crippen LogP contribution in [0.3, 0.4) is 0 Å². The molecule has 0 bridgehead atoms. The first-order valence-electron chi connectivity index (χ1n) is 11.9. The molecule has 2 fully saturated rings. The number of benzene rings is 1. The Labute approximate surface area is 203 Å². The minimum atomic E-state index is -0.895. The summed E-state index contributed by atoms with van der Waals surface area (Å²) in [5, 5.41) is 9.53. The number of likely N-dealkylation sites (tertiary alicyclic amines) is 1. The average Bonchev–Trinajstić information content (AvgIpc) is 3.21. The number of carbonyl (C=O) groups excluding carboxylic acids is 3. The summed E-state index contributed by atoms with van der Waals surface area (Å²) in [6.45, 7) is 4.45. The zero-order valence-corrected chi connectivity index (χ0v) is 20.3. The van der Waals surface area contributed by atoms with Gasteiger partial charge < -0.3 is 19.6 Å². The van der Waals surface area contributed by atoms with Gasteiger partial charge in [0.2, 0.25) is 5.91 Å². The van der Waals surface area contributed by atoms with Crippen molar-refractivity contribution >= 4 is 35.2 Å². The molecular formula is C26H30N2O5S. The van der Waals surface area contributed by atoms with Crippen molar-refractivity contribution in [1.29, 1.82) is 0 Å². The third-order valence-corrected chi connectivity index (χ3v) is 9.09. The fourth-order valence-corrected chi connectivity index (χ4v) is 7.83. The van der Waals surface area contributed by atoms with E-state index in [0.29, 0.717) is 13.2 Å². The highest BCUT2D eigenvalue weighted by Crippen LogP contribution is 2.60. The van der Waals surface area contributed by atoms with Crippen molar-refractivity contribution in [2.75, 3.05) is 31.2 Å². The van der Waals surface area contributed by atoms with Crippen LogP contribution in [-0.2, 0) is 19.1 Å². The summed E-state index contributed by atoms with van der Waals surface area (Å²) < 4.78 is 4.66. The number of anilines is 1. The smallest absolute Gasteiger partial charge is 0.311 e. The molecule has 0 radical (unpaired) electrons. The largest absolute Gasteiger partial charge is 0.465 e. The van der Waals surface area contributed by atoms with Crippen LogP contribution in [0.1, 0.15) is 24.0 Å². The number of hydrogen-bond acceptors (Lipinski definition) is 6. The van der Waals surface area contributed by atoms with Crippen LogP contribution >= 0.6 is 11.8 Å². The van der Waals surface area contributed by atoms with Crippen LogP contribution in [0.4, 0.5) is 5.69 Å². The van der Waals surface area contributed by atoms with E-state index in [1.54, 1.807) is 4.90 Å². The minimum absolute atomic E-state index is 0.0464. The first-order chi connectivity index (χ1) is 16.4. The third-order valence-electron chi connectivity index (χ3n) is 7.35. The van der Waals surface area contributed by atoms with E-state index < -0.39 is 22.6 Å². The molecule has 0 aliphatic carbocycles. The number of thioether (sulfide) groups is 1. The van der Waals surface area contributed by atoms with Crippen LogP contribution < -0.4 is 4.90 Å². The predicted octanol–water partition coefficient (Wildman–Crippen LogP) is 2.39. The third kappa shape index (κ3) is 3.50. The number of allylic oxidation sites excluding steroid dienone is 1. The number of hydrogen-bond donors (Lipinski definition) is 1. The van der Waals surface area contributed by atoms with Gasteiger partial charge in [0.25, 0.3) is 5.91 Å². The molecule has 1 unspecified atom stereocenters. The van der Waals surface area contributed by atoms with E-state index in [2.05, 4.69) is 6.08 Å². The van der Waals surface area contributed by atoms with Crippen LogP contribution in [0.2, 0.25) is 0 Å². The van der Waals surface area contributed by atoms with Crippen molar-refractivity contribution < 1.29 is 24.2 Å². The van der Waals surface area contributed by atoms with Gasteiger partial charge in [-0.25, -0.2) is 0 Å². The van der Waals surface area contributed by atoms with E-state index in [4.69, 9.17) is 4.74 Å². The minimum Gasteiger partial charge on any atom is -0.465 e. The van der Waals surface area contributed by atoms with Crippen molar-refractivity contribution in [3.8, 4) is 0 Å². The van der Waals surface area contributed by atoms with Gasteiger partial charge in [0.1, 0.15) is 6.04 Å². The molecule has 180 valence electrons. The Morgan fingerprint density at radius 2 is 2.00 bits per heavy atom. The topological polar surface area (TPSA) is 87.2 Å². The lowest BCUT2D eigenvalue weighted by Crippen LogP contribution is -2.53. The van der Waals surface area contributed by atoms with Gasteiger partial charge in [-0.2, -0.15) is 0 Å². The lowest BCUT2D eigenvalue weighted by Gasteiger charge is -2.35. The first-order valence-corrected chi connectivity index (χ1v) is 12.8. The summed E-state index contributed by atoms with van der Waals surface area (Å²) in [5.74, 6) is -2.19. The number of ether oxygens (including phenoxy) is 1. The molecule has 0 saturated carbocycles. The maximum atomic E-state index is 14.2. The highest BCUT2D eigenvalue weighted by atomic mass is 32.2. The molecule has 4 heterocycles. The molecule has 0 aromatic heterocycles. The SMILES string of the molecule is Cc1ccc(C)c(N2CC=C[C@]34S[C@H]5/C=C\CCCOC(=O)[C@H]5[C@H]3C(=O)N(CCO)C4C2=O)c1. The van der Waals surface area contributed by atoms with Gasteiger partial charge >= 0.3 is 5.97 Å². The van der Waals surface area contributed by atoms with Crippen molar-refractivity contribution in [2.45, 2.75) is 42.7 Å². The van der Waals surface area contributed by atoms with Crippen LogP contribution in [0, 0.1) is 25.7 Å². The van der Waals surface area contributed by atoms with Gasteiger partial charge in [0.05, 0.1) is 29.8 Å². The fraction of sp³-hybridized carbons (Fsp3) is 0.500. The number of cyclic esters (lactones) is 1. The molecule has 8 heteroatoms. The maximum absolute atomic E-state index is 14.2. The van der Waals surface area contributed by atoms with Crippen molar-refractivity contribution in [3.63, 3.8) is 0 Å².